The van der Waals surface area contributed by atoms with Crippen LogP contribution in [0.1, 0.15) is 92.9 Å². The van der Waals surface area contributed by atoms with Crippen molar-refractivity contribution in [2.24, 2.45) is 39.7 Å². The largest absolute Gasteiger partial charge is 0.435 e. The van der Waals surface area contributed by atoms with Crippen LogP contribution in [0.25, 0.3) is 0 Å². The summed E-state index contributed by atoms with van der Waals surface area (Å²) in [7, 11) is 1.87. The van der Waals surface area contributed by atoms with E-state index in [1.165, 1.54) is 44.9 Å². The van der Waals surface area contributed by atoms with Crippen LogP contribution in [-0.2, 0) is 9.26 Å². The molecule has 1 amide bonds. The molecule has 0 bridgehead atoms. The second-order valence-electron chi connectivity index (χ2n) is 15.3. The number of carbonyl (C=O) groups is 1. The van der Waals surface area contributed by atoms with E-state index in [9.17, 15) is 4.79 Å². The van der Waals surface area contributed by atoms with Crippen molar-refractivity contribution < 1.29 is 14.1 Å². The van der Waals surface area contributed by atoms with E-state index in [0.717, 1.165) is 36.4 Å². The Kier molecular flexibility index (Phi) is 8.87. The van der Waals surface area contributed by atoms with Gasteiger partial charge in [-0.2, -0.15) is 0 Å². The summed E-state index contributed by atoms with van der Waals surface area (Å²) in [6, 6.07) is 0. The van der Waals surface area contributed by atoms with Gasteiger partial charge in [0, 0.05) is 26.1 Å². The third-order valence-electron chi connectivity index (χ3n) is 12.1. The highest BCUT2D eigenvalue weighted by Gasteiger charge is 2.59. The first kappa shape index (κ1) is 30.8. The molecule has 3 saturated carbocycles. The van der Waals surface area contributed by atoms with Gasteiger partial charge in [-0.1, -0.05) is 51.4 Å². The molecule has 7 atom stereocenters. The smallest absolute Gasteiger partial charge is 0.411 e. The van der Waals surface area contributed by atoms with Crippen molar-refractivity contribution in [3.63, 3.8) is 0 Å². The van der Waals surface area contributed by atoms with Gasteiger partial charge in [0.05, 0.1) is 11.8 Å². The first-order chi connectivity index (χ1) is 18.1. The van der Waals surface area contributed by atoms with E-state index in [0.29, 0.717) is 24.0 Å². The zero-order valence-corrected chi connectivity index (χ0v) is 27.7. The van der Waals surface area contributed by atoms with Crippen LogP contribution >= 0.6 is 0 Å². The summed E-state index contributed by atoms with van der Waals surface area (Å²) in [4.78, 5) is 19.4. The summed E-state index contributed by atoms with van der Waals surface area (Å²) in [6.45, 7) is 20.3. The lowest BCUT2D eigenvalue weighted by Gasteiger charge is -2.59. The predicted molar refractivity (Wildman–Crippen MR) is 163 cm³/mol. The molecule has 0 aromatic rings. The Morgan fingerprint density at radius 3 is 2.51 bits per heavy atom. The van der Waals surface area contributed by atoms with E-state index in [1.54, 1.807) is 17.5 Å². The van der Waals surface area contributed by atoms with Gasteiger partial charge in [0.2, 0.25) is 0 Å². The van der Waals surface area contributed by atoms with Crippen molar-refractivity contribution >= 4 is 20.1 Å². The molecule has 0 aromatic heterocycles. The number of likely N-dealkylation sites (N-methyl/N-ethyl adjacent to an activating group) is 2. The number of nitrogens with zero attached hydrogens (tertiary/aromatic N) is 2. The molecule has 1 N–H and O–H groups in total. The fourth-order valence-electron chi connectivity index (χ4n) is 8.65. The monoisotopic (exact) mass is 559 g/mol. The Balaban J connectivity index is 1.45. The van der Waals surface area contributed by atoms with Crippen LogP contribution in [-0.4, -0.2) is 58.3 Å². The highest BCUT2D eigenvalue weighted by Crippen LogP contribution is 2.67. The lowest BCUT2D eigenvalue weighted by atomic mass is 9.46. The SMILES string of the molecule is CNCCN(C)C(=O)O/N=C(\C)[C@H]1CC[C@H]2[C@@H]3CCC4=C[C@H](O[Si](C)(C)C(C)(C)C)CC[C@]4(C)[C@H]3CC[C@]12C. The molecular weight excluding hydrogens is 502 g/mol. The number of fused-ring (bicyclic) bond motifs is 5. The van der Waals surface area contributed by atoms with E-state index < -0.39 is 8.32 Å². The molecule has 6 nitrogen and oxygen atoms in total. The maximum absolute atomic E-state index is 12.4. The van der Waals surface area contributed by atoms with Gasteiger partial charge in [0.25, 0.3) is 0 Å². The van der Waals surface area contributed by atoms with Crippen molar-refractivity contribution in [3.05, 3.63) is 11.6 Å². The van der Waals surface area contributed by atoms with Crippen molar-refractivity contribution in [1.82, 2.24) is 10.2 Å². The van der Waals surface area contributed by atoms with Gasteiger partial charge in [-0.25, -0.2) is 4.79 Å². The maximum Gasteiger partial charge on any atom is 0.435 e. The number of oxime groups is 1. The Morgan fingerprint density at radius 2 is 1.85 bits per heavy atom. The van der Waals surface area contributed by atoms with Crippen LogP contribution in [0.3, 0.4) is 0 Å². The van der Waals surface area contributed by atoms with Crippen molar-refractivity contribution in [1.29, 1.82) is 0 Å². The van der Waals surface area contributed by atoms with Crippen LogP contribution in [0.5, 0.6) is 0 Å². The molecule has 0 radical (unpaired) electrons. The van der Waals surface area contributed by atoms with Crippen molar-refractivity contribution in [3.8, 4) is 0 Å². The Morgan fingerprint density at radius 1 is 1.13 bits per heavy atom. The van der Waals surface area contributed by atoms with Gasteiger partial charge in [-0.15, -0.1) is 0 Å². The maximum atomic E-state index is 12.4. The highest BCUT2D eigenvalue weighted by atomic mass is 28.4. The lowest BCUT2D eigenvalue weighted by Crippen LogP contribution is -2.52. The summed E-state index contributed by atoms with van der Waals surface area (Å²) in [5.74, 6) is 2.70. The van der Waals surface area contributed by atoms with E-state index in [1.807, 2.05) is 7.05 Å². The number of carbonyl (C=O) groups excluding carboxylic acids is 1. The van der Waals surface area contributed by atoms with Gasteiger partial charge in [-0.05, 0) is 112 Å². The summed E-state index contributed by atoms with van der Waals surface area (Å²) in [5.41, 5.74) is 3.27. The number of hydrogen-bond donors (Lipinski definition) is 1. The van der Waals surface area contributed by atoms with Gasteiger partial charge >= 0.3 is 6.09 Å². The second kappa shape index (κ2) is 11.2. The zero-order valence-electron chi connectivity index (χ0n) is 26.7. The number of hydrogen-bond acceptors (Lipinski definition) is 5. The highest BCUT2D eigenvalue weighted by molar-refractivity contribution is 6.74. The molecule has 222 valence electrons. The lowest BCUT2D eigenvalue weighted by molar-refractivity contribution is -0.0474. The fraction of sp³-hybridized carbons (Fsp3) is 0.875. The van der Waals surface area contributed by atoms with Gasteiger partial charge in [0.15, 0.2) is 8.32 Å². The van der Waals surface area contributed by atoms with Gasteiger partial charge in [0.1, 0.15) is 0 Å². The van der Waals surface area contributed by atoms with E-state index >= 15 is 0 Å². The molecule has 7 heteroatoms. The van der Waals surface area contributed by atoms with Crippen LogP contribution in [0, 0.1) is 34.5 Å². The minimum Gasteiger partial charge on any atom is -0.411 e. The summed E-state index contributed by atoms with van der Waals surface area (Å²) in [6.07, 6.45) is 12.5. The normalized spacial score (nSPS) is 36.9. The molecule has 4 rings (SSSR count). The number of rotatable bonds is 7. The number of allylic oxidation sites excluding steroid dienone is 1. The molecule has 0 saturated heterocycles. The number of amides is 1. The van der Waals surface area contributed by atoms with Gasteiger partial charge in [-0.3, -0.25) is 4.84 Å². The summed E-state index contributed by atoms with van der Waals surface area (Å²) < 4.78 is 6.88. The molecule has 0 spiro atoms. The predicted octanol–water partition coefficient (Wildman–Crippen LogP) is 7.62. The van der Waals surface area contributed by atoms with Crippen LogP contribution in [0.2, 0.25) is 18.1 Å². The van der Waals surface area contributed by atoms with Gasteiger partial charge < -0.3 is 14.6 Å². The van der Waals surface area contributed by atoms with E-state index in [4.69, 9.17) is 9.26 Å². The number of nitrogens with one attached hydrogen (secondary N) is 1. The first-order valence-corrected chi connectivity index (χ1v) is 18.5. The molecule has 0 aliphatic heterocycles. The second-order valence-corrected chi connectivity index (χ2v) is 20.0. The average Bonchev–Trinajstić information content (AvgIpc) is 3.22. The summed E-state index contributed by atoms with van der Waals surface area (Å²) in [5, 5.41) is 7.71. The molecule has 4 aliphatic carbocycles. The topological polar surface area (TPSA) is 63.2 Å². The fourth-order valence-corrected chi connectivity index (χ4v) is 9.94. The van der Waals surface area contributed by atoms with Crippen LogP contribution in [0.15, 0.2) is 16.8 Å². The Labute approximate surface area is 239 Å². The van der Waals surface area contributed by atoms with Crippen molar-refractivity contribution in [2.45, 2.75) is 117 Å². The quantitative estimate of drug-likeness (QED) is 0.115. The summed E-state index contributed by atoms with van der Waals surface area (Å²) >= 11 is 0. The molecular formula is C32H57N3O3Si. The third kappa shape index (κ3) is 5.79. The molecule has 39 heavy (non-hydrogen) atoms. The minimum atomic E-state index is -1.77. The molecule has 0 aromatic carbocycles. The molecule has 0 unspecified atom stereocenters. The average molecular weight is 560 g/mol. The zero-order chi connectivity index (χ0) is 28.8. The molecule has 0 heterocycles. The van der Waals surface area contributed by atoms with E-state index in [2.05, 4.69) is 71.2 Å². The van der Waals surface area contributed by atoms with E-state index in [-0.39, 0.29) is 16.5 Å². The molecule has 4 aliphatic rings. The Bertz CT molecular complexity index is 972. The third-order valence-corrected chi connectivity index (χ3v) is 16.6. The van der Waals surface area contributed by atoms with Crippen LogP contribution in [0.4, 0.5) is 4.79 Å². The Hall–Kier alpha value is -1.18. The van der Waals surface area contributed by atoms with Crippen molar-refractivity contribution in [2.75, 3.05) is 27.2 Å². The van der Waals surface area contributed by atoms with Crippen LogP contribution < -0.4 is 5.32 Å². The standard InChI is InChI=1S/C32H57N3O3Si/c1-22(34-37-29(36)35(8)20-19-33-7)26-13-14-27-25-12-11-23-21-24(38-39(9,10)30(2,3)4)15-17-31(23,5)28(25)16-18-32(26,27)6/h21,24-28,33H,11-20H2,1-10H3/b34-22+/t24-,25+,26-,27+,28+,31+,32-/m1/s1. The molecule has 3 fully saturated rings. The minimum absolute atomic E-state index is 0.249. The first-order valence-electron chi connectivity index (χ1n) is 15.6.